The molecule has 1 aliphatic rings. The van der Waals surface area contributed by atoms with E-state index in [1.807, 2.05) is 0 Å². The molecule has 98 valence electrons. The number of nitrogens with zero attached hydrogens (tertiary/aromatic N) is 2. The number of hydrogen-bond donors (Lipinski definition) is 1. The Balaban J connectivity index is 2.65. The van der Waals surface area contributed by atoms with Crippen LogP contribution in [0.25, 0.3) is 0 Å². The molecule has 5 heteroatoms. The van der Waals surface area contributed by atoms with Crippen molar-refractivity contribution in [2.75, 3.05) is 20.1 Å². The molecule has 0 bridgehead atoms. The number of aliphatic carboxylic acids is 1. The van der Waals surface area contributed by atoms with Gasteiger partial charge in [-0.3, -0.25) is 9.69 Å². The zero-order valence-corrected chi connectivity index (χ0v) is 10.8. The molecule has 0 unspecified atom stereocenters. The number of carboxylic acids is 1. The lowest BCUT2D eigenvalue weighted by Crippen LogP contribution is -2.49. The highest BCUT2D eigenvalue weighted by atomic mass is 16.4. The van der Waals surface area contributed by atoms with Crippen LogP contribution in [0.15, 0.2) is 0 Å². The standard InChI is InChI=1S/C12H22N2O3/c1-4-7-14-8-5-6-10(14)11(15)13(3)9(2)12(16)17/h9-10H,4-8H2,1-3H3,(H,16,17)/t9-,10+/m0/s1. The van der Waals surface area contributed by atoms with Crippen LogP contribution in [0.4, 0.5) is 0 Å². The van der Waals surface area contributed by atoms with Gasteiger partial charge in [0.25, 0.3) is 0 Å². The van der Waals surface area contributed by atoms with Gasteiger partial charge in [0.05, 0.1) is 6.04 Å². The average molecular weight is 242 g/mol. The third-order valence-electron chi connectivity index (χ3n) is 3.45. The molecule has 2 atom stereocenters. The topological polar surface area (TPSA) is 60.9 Å². The first-order valence-corrected chi connectivity index (χ1v) is 6.22. The Kier molecular flexibility index (Phi) is 4.93. The molecule has 0 aromatic carbocycles. The monoisotopic (exact) mass is 242 g/mol. The van der Waals surface area contributed by atoms with E-state index in [0.29, 0.717) is 0 Å². The Morgan fingerprint density at radius 1 is 1.53 bits per heavy atom. The van der Waals surface area contributed by atoms with Gasteiger partial charge in [0.1, 0.15) is 6.04 Å². The van der Waals surface area contributed by atoms with Crippen LogP contribution in [-0.2, 0) is 9.59 Å². The number of carbonyl (C=O) groups excluding carboxylic acids is 1. The van der Waals surface area contributed by atoms with E-state index >= 15 is 0 Å². The minimum Gasteiger partial charge on any atom is -0.480 e. The Labute approximate surface area is 102 Å². The van der Waals surface area contributed by atoms with Crippen molar-refractivity contribution in [2.45, 2.75) is 45.2 Å². The largest absolute Gasteiger partial charge is 0.480 e. The van der Waals surface area contributed by atoms with E-state index in [4.69, 9.17) is 5.11 Å². The Bertz CT molecular complexity index is 293. The Hall–Kier alpha value is -1.10. The van der Waals surface area contributed by atoms with Crippen LogP contribution in [0.1, 0.15) is 33.1 Å². The highest BCUT2D eigenvalue weighted by molar-refractivity contribution is 5.86. The lowest BCUT2D eigenvalue weighted by Gasteiger charge is -2.29. The van der Waals surface area contributed by atoms with E-state index < -0.39 is 12.0 Å². The Morgan fingerprint density at radius 2 is 2.18 bits per heavy atom. The maximum Gasteiger partial charge on any atom is 0.326 e. The number of carboxylic acid groups (broad SMARTS) is 1. The van der Waals surface area contributed by atoms with Crippen molar-refractivity contribution in [3.63, 3.8) is 0 Å². The summed E-state index contributed by atoms with van der Waals surface area (Å²) in [7, 11) is 1.57. The predicted octanol–water partition coefficient (Wildman–Crippen LogP) is 0.792. The van der Waals surface area contributed by atoms with Gasteiger partial charge in [-0.1, -0.05) is 6.92 Å². The first-order valence-electron chi connectivity index (χ1n) is 6.22. The third kappa shape index (κ3) is 3.19. The fraction of sp³-hybridized carbons (Fsp3) is 0.833. The Morgan fingerprint density at radius 3 is 2.71 bits per heavy atom. The summed E-state index contributed by atoms with van der Waals surface area (Å²) in [6.07, 6.45) is 2.88. The zero-order chi connectivity index (χ0) is 13.0. The van der Waals surface area contributed by atoms with E-state index in [0.717, 1.165) is 32.4 Å². The summed E-state index contributed by atoms with van der Waals surface area (Å²) in [6.45, 7) is 5.48. The summed E-state index contributed by atoms with van der Waals surface area (Å²) < 4.78 is 0. The lowest BCUT2D eigenvalue weighted by atomic mass is 10.1. The second kappa shape index (κ2) is 6.00. The van der Waals surface area contributed by atoms with Crippen molar-refractivity contribution >= 4 is 11.9 Å². The van der Waals surface area contributed by atoms with E-state index in [-0.39, 0.29) is 11.9 Å². The SMILES string of the molecule is CCCN1CCC[C@@H]1C(=O)N(C)[C@@H](C)C(=O)O. The molecule has 1 rings (SSSR count). The quantitative estimate of drug-likeness (QED) is 0.774. The van der Waals surface area contributed by atoms with Gasteiger partial charge in [-0.2, -0.15) is 0 Å². The van der Waals surface area contributed by atoms with Crippen LogP contribution in [0.3, 0.4) is 0 Å². The van der Waals surface area contributed by atoms with Gasteiger partial charge in [0.15, 0.2) is 0 Å². The first-order chi connectivity index (χ1) is 7.99. The third-order valence-corrected chi connectivity index (χ3v) is 3.45. The molecule has 0 aromatic heterocycles. The maximum absolute atomic E-state index is 12.2. The summed E-state index contributed by atoms with van der Waals surface area (Å²) in [4.78, 5) is 26.6. The molecule has 1 saturated heterocycles. The van der Waals surface area contributed by atoms with E-state index in [1.165, 1.54) is 4.90 Å². The number of likely N-dealkylation sites (tertiary alicyclic amines) is 1. The number of likely N-dealkylation sites (N-methyl/N-ethyl adjacent to an activating group) is 1. The van der Waals surface area contributed by atoms with Crippen LogP contribution in [0, 0.1) is 0 Å². The van der Waals surface area contributed by atoms with Crippen molar-refractivity contribution in [3.8, 4) is 0 Å². The van der Waals surface area contributed by atoms with Crippen LogP contribution in [-0.4, -0.2) is 59.0 Å². The second-order valence-electron chi connectivity index (χ2n) is 4.66. The van der Waals surface area contributed by atoms with E-state index in [9.17, 15) is 9.59 Å². The molecule has 1 amide bonds. The smallest absolute Gasteiger partial charge is 0.326 e. The van der Waals surface area contributed by atoms with Gasteiger partial charge in [-0.15, -0.1) is 0 Å². The average Bonchev–Trinajstić information content (AvgIpc) is 2.74. The zero-order valence-electron chi connectivity index (χ0n) is 10.8. The molecule has 0 saturated carbocycles. The van der Waals surface area contributed by atoms with Gasteiger partial charge in [0, 0.05) is 7.05 Å². The number of amides is 1. The fourth-order valence-electron chi connectivity index (χ4n) is 2.25. The number of rotatable bonds is 5. The summed E-state index contributed by atoms with van der Waals surface area (Å²) in [6, 6.07) is -0.881. The van der Waals surface area contributed by atoms with Crippen LogP contribution in [0.5, 0.6) is 0 Å². The van der Waals surface area contributed by atoms with Crippen molar-refractivity contribution in [3.05, 3.63) is 0 Å². The molecule has 1 N–H and O–H groups in total. The lowest BCUT2D eigenvalue weighted by molar-refractivity contribution is -0.150. The van der Waals surface area contributed by atoms with Gasteiger partial charge >= 0.3 is 5.97 Å². The first kappa shape index (κ1) is 14.0. The molecule has 0 spiro atoms. The van der Waals surface area contributed by atoms with Gasteiger partial charge in [-0.05, 0) is 39.3 Å². The second-order valence-corrected chi connectivity index (χ2v) is 4.66. The van der Waals surface area contributed by atoms with Crippen LogP contribution >= 0.6 is 0 Å². The van der Waals surface area contributed by atoms with Gasteiger partial charge in [0.2, 0.25) is 5.91 Å². The number of hydrogen-bond acceptors (Lipinski definition) is 3. The highest BCUT2D eigenvalue weighted by Gasteiger charge is 2.34. The molecule has 1 fully saturated rings. The molecular formula is C12H22N2O3. The predicted molar refractivity (Wildman–Crippen MR) is 64.8 cm³/mol. The summed E-state index contributed by atoms with van der Waals surface area (Å²) in [5.74, 6) is -1.02. The molecular weight excluding hydrogens is 220 g/mol. The van der Waals surface area contributed by atoms with Gasteiger partial charge < -0.3 is 10.0 Å². The molecule has 17 heavy (non-hydrogen) atoms. The normalized spacial score (nSPS) is 22.4. The minimum atomic E-state index is -0.958. The fourth-order valence-corrected chi connectivity index (χ4v) is 2.25. The molecule has 0 aliphatic carbocycles. The van der Waals surface area contributed by atoms with E-state index in [1.54, 1.807) is 14.0 Å². The minimum absolute atomic E-state index is 0.0640. The molecule has 0 radical (unpaired) electrons. The highest BCUT2D eigenvalue weighted by Crippen LogP contribution is 2.19. The molecule has 1 aliphatic heterocycles. The van der Waals surface area contributed by atoms with Crippen molar-refractivity contribution in [2.24, 2.45) is 0 Å². The number of carbonyl (C=O) groups is 2. The van der Waals surface area contributed by atoms with Crippen molar-refractivity contribution < 1.29 is 14.7 Å². The summed E-state index contributed by atoms with van der Waals surface area (Å²) >= 11 is 0. The van der Waals surface area contributed by atoms with Crippen molar-refractivity contribution in [1.82, 2.24) is 9.80 Å². The summed E-state index contributed by atoms with van der Waals surface area (Å²) in [5.41, 5.74) is 0. The molecule has 5 nitrogen and oxygen atoms in total. The van der Waals surface area contributed by atoms with E-state index in [2.05, 4.69) is 11.8 Å². The van der Waals surface area contributed by atoms with Crippen LogP contribution < -0.4 is 0 Å². The molecule has 1 heterocycles. The van der Waals surface area contributed by atoms with Gasteiger partial charge in [-0.25, -0.2) is 4.79 Å². The van der Waals surface area contributed by atoms with Crippen molar-refractivity contribution in [1.29, 1.82) is 0 Å². The maximum atomic E-state index is 12.2. The summed E-state index contributed by atoms with van der Waals surface area (Å²) in [5, 5.41) is 8.91. The molecule has 0 aromatic rings. The van der Waals surface area contributed by atoms with Crippen LogP contribution in [0.2, 0.25) is 0 Å².